The van der Waals surface area contributed by atoms with Crippen LogP contribution in [0.1, 0.15) is 23.0 Å². The van der Waals surface area contributed by atoms with Crippen LogP contribution in [0.15, 0.2) is 46.9 Å². The zero-order chi connectivity index (χ0) is 14.4. The van der Waals surface area contributed by atoms with Gasteiger partial charge in [0.15, 0.2) is 0 Å². The first kappa shape index (κ1) is 12.7. The van der Waals surface area contributed by atoms with Gasteiger partial charge in [0.2, 0.25) is 0 Å². The van der Waals surface area contributed by atoms with E-state index in [-0.39, 0.29) is 0 Å². The van der Waals surface area contributed by atoms with Crippen LogP contribution < -0.4 is 5.32 Å². The first-order valence-corrected chi connectivity index (χ1v) is 7.33. The molecule has 0 saturated carbocycles. The van der Waals surface area contributed by atoms with Crippen molar-refractivity contribution in [2.75, 3.05) is 11.9 Å². The van der Waals surface area contributed by atoms with Gasteiger partial charge in [-0.3, -0.25) is 0 Å². The van der Waals surface area contributed by atoms with Crippen molar-refractivity contribution >= 4 is 28.3 Å². The number of furan rings is 1. The monoisotopic (exact) mass is 299 g/mol. The number of para-hydroxylation sites is 1. The molecule has 2 N–H and O–H groups in total. The van der Waals surface area contributed by atoms with Crippen molar-refractivity contribution in [1.29, 1.82) is 0 Å². The SMILES string of the molecule is OC(c1cc2cc(Cl)ccc2o1)c1cccc2c1NCC2. The number of nitrogens with one attached hydrogen (secondary N) is 1. The van der Waals surface area contributed by atoms with Gasteiger partial charge in [-0.1, -0.05) is 29.8 Å². The van der Waals surface area contributed by atoms with Crippen LogP contribution in [-0.4, -0.2) is 11.7 Å². The summed E-state index contributed by atoms with van der Waals surface area (Å²) >= 11 is 5.99. The number of aliphatic hydroxyl groups excluding tert-OH is 1. The lowest BCUT2D eigenvalue weighted by atomic mass is 10.0. The van der Waals surface area contributed by atoms with E-state index < -0.39 is 6.10 Å². The molecule has 4 rings (SSSR count). The first-order valence-electron chi connectivity index (χ1n) is 6.95. The zero-order valence-electron chi connectivity index (χ0n) is 11.3. The van der Waals surface area contributed by atoms with Gasteiger partial charge < -0.3 is 14.8 Å². The molecule has 3 nitrogen and oxygen atoms in total. The number of hydrogen-bond donors (Lipinski definition) is 2. The van der Waals surface area contributed by atoms with E-state index >= 15 is 0 Å². The quantitative estimate of drug-likeness (QED) is 0.747. The fraction of sp³-hybridized carbons (Fsp3) is 0.176. The summed E-state index contributed by atoms with van der Waals surface area (Å²) in [6, 6.07) is 13.3. The van der Waals surface area contributed by atoms with Gasteiger partial charge in [-0.15, -0.1) is 0 Å². The molecule has 0 radical (unpaired) electrons. The highest BCUT2D eigenvalue weighted by atomic mass is 35.5. The number of halogens is 1. The minimum Gasteiger partial charge on any atom is -0.458 e. The van der Waals surface area contributed by atoms with E-state index in [9.17, 15) is 5.11 Å². The van der Waals surface area contributed by atoms with Gasteiger partial charge in [-0.05, 0) is 36.2 Å². The highest BCUT2D eigenvalue weighted by Crippen LogP contribution is 2.36. The van der Waals surface area contributed by atoms with Gasteiger partial charge in [-0.2, -0.15) is 0 Å². The molecule has 1 aliphatic rings. The van der Waals surface area contributed by atoms with Crippen LogP contribution in [0.25, 0.3) is 11.0 Å². The molecular weight excluding hydrogens is 286 g/mol. The van der Waals surface area contributed by atoms with Crippen LogP contribution in [0.4, 0.5) is 5.69 Å². The maximum absolute atomic E-state index is 10.7. The van der Waals surface area contributed by atoms with E-state index in [1.165, 1.54) is 5.56 Å². The fourth-order valence-electron chi connectivity index (χ4n) is 2.92. The zero-order valence-corrected chi connectivity index (χ0v) is 12.0. The highest BCUT2D eigenvalue weighted by molar-refractivity contribution is 6.31. The second-order valence-electron chi connectivity index (χ2n) is 5.29. The summed E-state index contributed by atoms with van der Waals surface area (Å²) in [5.74, 6) is 0.536. The van der Waals surface area contributed by atoms with Crippen molar-refractivity contribution in [3.05, 3.63) is 64.4 Å². The molecule has 4 heteroatoms. The largest absolute Gasteiger partial charge is 0.458 e. The van der Waals surface area contributed by atoms with Crippen LogP contribution in [0, 0.1) is 0 Å². The summed E-state index contributed by atoms with van der Waals surface area (Å²) < 4.78 is 5.76. The topological polar surface area (TPSA) is 45.4 Å². The minimum atomic E-state index is -0.781. The maximum Gasteiger partial charge on any atom is 0.139 e. The summed E-state index contributed by atoms with van der Waals surface area (Å²) in [6.45, 7) is 0.912. The average Bonchev–Trinajstić information content (AvgIpc) is 3.11. The van der Waals surface area contributed by atoms with Crippen LogP contribution in [0.2, 0.25) is 5.02 Å². The molecule has 0 amide bonds. The Labute approximate surface area is 127 Å². The molecule has 1 aliphatic heterocycles. The lowest BCUT2D eigenvalue weighted by molar-refractivity contribution is 0.193. The smallest absolute Gasteiger partial charge is 0.139 e. The Hall–Kier alpha value is -1.97. The van der Waals surface area contributed by atoms with Crippen molar-refractivity contribution in [1.82, 2.24) is 0 Å². The first-order chi connectivity index (χ1) is 10.2. The number of aliphatic hydroxyl groups is 1. The molecule has 3 aromatic rings. The Morgan fingerprint density at radius 2 is 2.10 bits per heavy atom. The third-order valence-corrected chi connectivity index (χ3v) is 4.18. The summed E-state index contributed by atoms with van der Waals surface area (Å²) in [5.41, 5.74) is 3.86. The van der Waals surface area contributed by atoms with Crippen LogP contribution in [-0.2, 0) is 6.42 Å². The number of hydrogen-bond acceptors (Lipinski definition) is 3. The number of benzene rings is 2. The summed E-state index contributed by atoms with van der Waals surface area (Å²) in [7, 11) is 0. The third-order valence-electron chi connectivity index (χ3n) is 3.94. The summed E-state index contributed by atoms with van der Waals surface area (Å²) in [4.78, 5) is 0. The molecular formula is C17H14ClNO2. The van der Waals surface area contributed by atoms with Crippen molar-refractivity contribution in [3.63, 3.8) is 0 Å². The van der Waals surface area contributed by atoms with Gasteiger partial charge >= 0.3 is 0 Å². The summed E-state index contributed by atoms with van der Waals surface area (Å²) in [6.07, 6.45) is 0.211. The predicted octanol–water partition coefficient (Wildman–Crippen LogP) is 4.14. The molecule has 0 bridgehead atoms. The molecule has 1 unspecified atom stereocenters. The molecule has 2 heterocycles. The van der Waals surface area contributed by atoms with Gasteiger partial charge in [0.05, 0.1) is 0 Å². The summed E-state index contributed by atoms with van der Waals surface area (Å²) in [5, 5.41) is 15.6. The van der Waals surface area contributed by atoms with Gasteiger partial charge in [0.1, 0.15) is 17.4 Å². The van der Waals surface area contributed by atoms with Gasteiger partial charge in [-0.25, -0.2) is 0 Å². The molecule has 1 aromatic heterocycles. The standard InChI is InChI=1S/C17H14ClNO2/c18-12-4-5-14-11(8-12)9-15(21-14)17(20)13-3-1-2-10-6-7-19-16(10)13/h1-5,8-9,17,19-20H,6-7H2. The highest BCUT2D eigenvalue weighted by Gasteiger charge is 2.22. The van der Waals surface area contributed by atoms with E-state index in [4.69, 9.17) is 16.0 Å². The third kappa shape index (κ3) is 2.09. The molecule has 0 aliphatic carbocycles. The maximum atomic E-state index is 10.7. The number of rotatable bonds is 2. The molecule has 1 atom stereocenters. The molecule has 0 saturated heterocycles. The van der Waals surface area contributed by atoms with Crippen LogP contribution >= 0.6 is 11.6 Å². The van der Waals surface area contributed by atoms with E-state index in [0.29, 0.717) is 10.8 Å². The van der Waals surface area contributed by atoms with Crippen molar-refractivity contribution in [2.24, 2.45) is 0 Å². The van der Waals surface area contributed by atoms with E-state index in [1.54, 1.807) is 6.07 Å². The molecule has 2 aromatic carbocycles. The number of anilines is 1. The lowest BCUT2D eigenvalue weighted by Gasteiger charge is -2.13. The molecule has 0 spiro atoms. The Kier molecular flexibility index (Phi) is 2.91. The number of fused-ring (bicyclic) bond motifs is 2. The predicted molar refractivity (Wildman–Crippen MR) is 83.9 cm³/mol. The Morgan fingerprint density at radius 1 is 1.19 bits per heavy atom. The van der Waals surface area contributed by atoms with E-state index in [0.717, 1.165) is 35.2 Å². The van der Waals surface area contributed by atoms with Gasteiger partial charge in [0.25, 0.3) is 0 Å². The molecule has 106 valence electrons. The van der Waals surface area contributed by atoms with Gasteiger partial charge in [0, 0.05) is 28.2 Å². The van der Waals surface area contributed by atoms with Crippen molar-refractivity contribution < 1.29 is 9.52 Å². The van der Waals surface area contributed by atoms with E-state index in [1.807, 2.05) is 30.3 Å². The molecule has 21 heavy (non-hydrogen) atoms. The van der Waals surface area contributed by atoms with Crippen LogP contribution in [0.3, 0.4) is 0 Å². The minimum absolute atomic E-state index is 0.536. The fourth-order valence-corrected chi connectivity index (χ4v) is 3.10. The Bertz CT molecular complexity index is 825. The normalized spacial score (nSPS) is 15.0. The Morgan fingerprint density at radius 3 is 3.00 bits per heavy atom. The average molecular weight is 300 g/mol. The second kappa shape index (κ2) is 4.79. The lowest BCUT2D eigenvalue weighted by Crippen LogP contribution is -2.02. The van der Waals surface area contributed by atoms with Crippen molar-refractivity contribution in [2.45, 2.75) is 12.5 Å². The second-order valence-corrected chi connectivity index (χ2v) is 5.73. The Balaban J connectivity index is 1.79. The van der Waals surface area contributed by atoms with E-state index in [2.05, 4.69) is 11.4 Å². The van der Waals surface area contributed by atoms with Crippen LogP contribution in [0.5, 0.6) is 0 Å². The molecule has 0 fully saturated rings. The van der Waals surface area contributed by atoms with Crippen molar-refractivity contribution in [3.8, 4) is 0 Å².